The van der Waals surface area contributed by atoms with Crippen LogP contribution in [0.4, 0.5) is 0 Å². The Morgan fingerprint density at radius 3 is 1.94 bits per heavy atom. The van der Waals surface area contributed by atoms with E-state index in [1.807, 2.05) is 6.92 Å². The summed E-state index contributed by atoms with van der Waals surface area (Å²) in [5.74, 6) is -1.85. The van der Waals surface area contributed by atoms with Crippen molar-refractivity contribution in [3.63, 3.8) is 0 Å². The van der Waals surface area contributed by atoms with Crippen LogP contribution in [0.3, 0.4) is 0 Å². The average Bonchev–Trinajstić information content (AvgIpc) is 2.79. The first-order chi connectivity index (χ1) is 15.6. The third kappa shape index (κ3) is 26.8. The summed E-state index contributed by atoms with van der Waals surface area (Å²) in [7, 11) is 0. The van der Waals surface area contributed by atoms with Crippen LogP contribution in [0.25, 0.3) is 0 Å². The summed E-state index contributed by atoms with van der Waals surface area (Å²) < 4.78 is 13.8. The fourth-order valence-corrected chi connectivity index (χ4v) is 2.14. The standard InChI is InChI=1S/C13H24O2.C6H8O4.C6H8O2/c1-5-8-9-12(6-2)10-11(4)13(14)15-7-3;1-2-10-6(9)4-3-5(7)8;1-3-5-8-6(7)4-2/h12H,4-10H2,1-3H3;3-4H,2H2,1H3,(H,7,8);3-4H,1-2,5H2/b;4-3-;. The van der Waals surface area contributed by atoms with Gasteiger partial charge in [0.15, 0.2) is 0 Å². The van der Waals surface area contributed by atoms with Crippen LogP contribution in [-0.2, 0) is 33.4 Å². The lowest BCUT2D eigenvalue weighted by Gasteiger charge is -2.15. The Kier molecular flexibility index (Phi) is 26.2. The van der Waals surface area contributed by atoms with E-state index in [2.05, 4.69) is 43.1 Å². The lowest BCUT2D eigenvalue weighted by molar-refractivity contribution is -0.139. The number of hydrogen-bond donors (Lipinski definition) is 1. The van der Waals surface area contributed by atoms with Crippen LogP contribution in [0, 0.1) is 5.92 Å². The highest BCUT2D eigenvalue weighted by Gasteiger charge is 2.13. The quantitative estimate of drug-likeness (QED) is 0.167. The van der Waals surface area contributed by atoms with Crippen LogP contribution >= 0.6 is 0 Å². The van der Waals surface area contributed by atoms with Gasteiger partial charge in [-0.15, -0.1) is 0 Å². The maximum Gasteiger partial charge on any atom is 0.333 e. The van der Waals surface area contributed by atoms with E-state index in [4.69, 9.17) is 9.84 Å². The number of carboxylic acids is 1. The first-order valence-electron chi connectivity index (χ1n) is 11.0. The molecule has 8 heteroatoms. The Balaban J connectivity index is -0.000000435. The molecule has 0 amide bonds. The molecule has 0 aliphatic carbocycles. The summed E-state index contributed by atoms with van der Waals surface area (Å²) in [6.45, 7) is 19.1. The fraction of sp³-hybridized carbons (Fsp3) is 0.520. The minimum atomic E-state index is -1.16. The summed E-state index contributed by atoms with van der Waals surface area (Å²) >= 11 is 0. The number of ether oxygens (including phenoxy) is 3. The van der Waals surface area contributed by atoms with Crippen molar-refractivity contribution in [3.8, 4) is 0 Å². The summed E-state index contributed by atoms with van der Waals surface area (Å²) in [4.78, 5) is 41.7. The minimum absolute atomic E-state index is 0.229. The van der Waals surface area contributed by atoms with Crippen LogP contribution in [-0.4, -0.2) is 48.8 Å². The molecule has 0 aromatic rings. The van der Waals surface area contributed by atoms with Gasteiger partial charge in [0.2, 0.25) is 0 Å². The number of aliphatic carboxylic acids is 1. The van der Waals surface area contributed by atoms with Gasteiger partial charge in [-0.1, -0.05) is 65.3 Å². The Labute approximate surface area is 198 Å². The predicted molar refractivity (Wildman–Crippen MR) is 128 cm³/mol. The highest BCUT2D eigenvalue weighted by atomic mass is 16.5. The largest absolute Gasteiger partial charge is 0.478 e. The molecular formula is C25H40O8. The fourth-order valence-electron chi connectivity index (χ4n) is 2.14. The Hall–Kier alpha value is -3.16. The van der Waals surface area contributed by atoms with Crippen molar-refractivity contribution in [2.75, 3.05) is 19.8 Å². The molecule has 0 radical (unpaired) electrons. The van der Waals surface area contributed by atoms with Gasteiger partial charge in [-0.2, -0.15) is 0 Å². The van der Waals surface area contributed by atoms with Crippen molar-refractivity contribution in [2.24, 2.45) is 5.92 Å². The molecule has 0 saturated carbocycles. The molecule has 8 nitrogen and oxygen atoms in total. The SMILES string of the molecule is C=C(CC(CC)CCCC)C(=O)OCC.C=CCOC(=O)C=C.CCOC(=O)/C=C\C(=O)O. The molecule has 1 N–H and O–H groups in total. The van der Waals surface area contributed by atoms with Crippen LogP contribution in [0.2, 0.25) is 0 Å². The molecule has 0 saturated heterocycles. The second-order valence-electron chi connectivity index (χ2n) is 6.49. The Morgan fingerprint density at radius 1 is 0.909 bits per heavy atom. The van der Waals surface area contributed by atoms with E-state index in [1.54, 1.807) is 6.92 Å². The van der Waals surface area contributed by atoms with Gasteiger partial charge in [0.05, 0.1) is 13.2 Å². The molecule has 188 valence electrons. The monoisotopic (exact) mass is 468 g/mol. The van der Waals surface area contributed by atoms with E-state index in [0.717, 1.165) is 31.1 Å². The van der Waals surface area contributed by atoms with E-state index in [9.17, 15) is 19.2 Å². The predicted octanol–water partition coefficient (Wildman–Crippen LogP) is 4.80. The summed E-state index contributed by atoms with van der Waals surface area (Å²) in [6, 6.07) is 0. The van der Waals surface area contributed by atoms with Crippen LogP contribution < -0.4 is 0 Å². The van der Waals surface area contributed by atoms with Gasteiger partial charge >= 0.3 is 23.9 Å². The first kappa shape index (κ1) is 34.5. The van der Waals surface area contributed by atoms with E-state index in [0.29, 0.717) is 18.1 Å². The van der Waals surface area contributed by atoms with Crippen molar-refractivity contribution in [2.45, 2.75) is 59.8 Å². The molecular weight excluding hydrogens is 428 g/mol. The van der Waals surface area contributed by atoms with Crippen molar-refractivity contribution < 1.29 is 38.5 Å². The smallest absolute Gasteiger partial charge is 0.333 e. The number of carbonyl (C=O) groups is 4. The van der Waals surface area contributed by atoms with Crippen LogP contribution in [0.1, 0.15) is 59.8 Å². The molecule has 0 heterocycles. The van der Waals surface area contributed by atoms with Crippen LogP contribution in [0.5, 0.6) is 0 Å². The zero-order chi connectivity index (χ0) is 26.1. The molecule has 0 rings (SSSR count). The van der Waals surface area contributed by atoms with Gasteiger partial charge in [-0.05, 0) is 26.2 Å². The van der Waals surface area contributed by atoms with Crippen LogP contribution in [0.15, 0.2) is 49.6 Å². The van der Waals surface area contributed by atoms with Crippen molar-refractivity contribution >= 4 is 23.9 Å². The van der Waals surface area contributed by atoms with Crippen molar-refractivity contribution in [3.05, 3.63) is 49.6 Å². The Morgan fingerprint density at radius 2 is 1.52 bits per heavy atom. The van der Waals surface area contributed by atoms with E-state index >= 15 is 0 Å². The number of hydrogen-bond acceptors (Lipinski definition) is 7. The van der Waals surface area contributed by atoms with Gasteiger partial charge in [-0.25, -0.2) is 19.2 Å². The van der Waals surface area contributed by atoms with Gasteiger partial charge < -0.3 is 19.3 Å². The minimum Gasteiger partial charge on any atom is -0.478 e. The molecule has 0 aromatic heterocycles. The van der Waals surface area contributed by atoms with E-state index in [1.165, 1.54) is 25.3 Å². The third-order valence-electron chi connectivity index (χ3n) is 3.80. The molecule has 0 bridgehead atoms. The topological polar surface area (TPSA) is 116 Å². The van der Waals surface area contributed by atoms with Gasteiger partial charge in [0, 0.05) is 23.8 Å². The highest BCUT2D eigenvalue weighted by Crippen LogP contribution is 2.21. The molecule has 0 spiro atoms. The number of esters is 3. The number of unbranched alkanes of at least 4 members (excludes halogenated alkanes) is 1. The number of carbonyl (C=O) groups excluding carboxylic acids is 3. The maximum atomic E-state index is 11.3. The second-order valence-corrected chi connectivity index (χ2v) is 6.49. The second kappa shape index (κ2) is 25.1. The van der Waals surface area contributed by atoms with Gasteiger partial charge in [0.1, 0.15) is 6.61 Å². The van der Waals surface area contributed by atoms with E-state index < -0.39 is 17.9 Å². The van der Waals surface area contributed by atoms with E-state index in [-0.39, 0.29) is 19.2 Å². The Bertz CT molecular complexity index is 634. The lowest BCUT2D eigenvalue weighted by Crippen LogP contribution is -2.10. The molecule has 0 aliphatic rings. The van der Waals surface area contributed by atoms with Crippen molar-refractivity contribution in [1.29, 1.82) is 0 Å². The third-order valence-corrected chi connectivity index (χ3v) is 3.80. The van der Waals surface area contributed by atoms with Gasteiger partial charge in [0.25, 0.3) is 0 Å². The number of carboxylic acid groups (broad SMARTS) is 1. The maximum absolute atomic E-state index is 11.3. The zero-order valence-electron chi connectivity index (χ0n) is 20.5. The van der Waals surface area contributed by atoms with Gasteiger partial charge in [-0.3, -0.25) is 0 Å². The highest BCUT2D eigenvalue weighted by molar-refractivity contribution is 5.90. The van der Waals surface area contributed by atoms with Crippen molar-refractivity contribution in [1.82, 2.24) is 0 Å². The molecule has 0 aromatic carbocycles. The first-order valence-corrected chi connectivity index (χ1v) is 11.0. The molecule has 1 unspecified atom stereocenters. The summed E-state index contributed by atoms with van der Waals surface area (Å²) in [5.41, 5.74) is 0.625. The molecule has 33 heavy (non-hydrogen) atoms. The molecule has 0 aliphatic heterocycles. The number of rotatable bonds is 14. The average molecular weight is 469 g/mol. The zero-order valence-corrected chi connectivity index (χ0v) is 20.5. The lowest BCUT2D eigenvalue weighted by atomic mass is 9.92. The normalized spacial score (nSPS) is 10.3. The summed E-state index contributed by atoms with van der Waals surface area (Å²) in [5, 5.41) is 8.04. The molecule has 1 atom stereocenters. The summed E-state index contributed by atoms with van der Waals surface area (Å²) in [6.07, 6.45) is 9.74. The molecule has 0 fully saturated rings.